The molecule has 0 saturated heterocycles. The molecule has 0 aromatic carbocycles. The third-order valence-corrected chi connectivity index (χ3v) is 9.87. The average Bonchev–Trinajstić information content (AvgIpc) is 3.37. The summed E-state index contributed by atoms with van der Waals surface area (Å²) in [4.78, 5) is 24.6. The summed E-state index contributed by atoms with van der Waals surface area (Å²) in [6.07, 6.45) is 14.7. The number of Topliss-reactive ketones (excluding diaryl/α,β-unsaturated/α-hetero) is 1. The molecular formula is C26H38O4. The molecule has 4 fully saturated rings. The molecule has 0 unspecified atom stereocenters. The van der Waals surface area contributed by atoms with Gasteiger partial charge in [0, 0.05) is 18.3 Å². The van der Waals surface area contributed by atoms with Crippen LogP contribution < -0.4 is 0 Å². The summed E-state index contributed by atoms with van der Waals surface area (Å²) >= 11 is 0. The minimum atomic E-state index is -0.0502. The van der Waals surface area contributed by atoms with Crippen LogP contribution in [0, 0.1) is 35.0 Å². The normalized spacial score (nSPS) is 41.4. The zero-order valence-corrected chi connectivity index (χ0v) is 18.5. The Hall–Kier alpha value is -1.32. The maximum absolute atomic E-state index is 12.6. The van der Waals surface area contributed by atoms with Crippen molar-refractivity contribution in [3.05, 3.63) is 11.3 Å². The summed E-state index contributed by atoms with van der Waals surface area (Å²) in [5.41, 5.74) is 1.17. The molecule has 5 rings (SSSR count). The van der Waals surface area contributed by atoms with Crippen LogP contribution in [0.4, 0.5) is 0 Å². The van der Waals surface area contributed by atoms with E-state index in [1.807, 2.05) is 0 Å². The lowest BCUT2D eigenvalue weighted by Gasteiger charge is -2.53. The quantitative estimate of drug-likeness (QED) is 0.582. The first kappa shape index (κ1) is 20.6. The van der Waals surface area contributed by atoms with E-state index < -0.39 is 0 Å². The van der Waals surface area contributed by atoms with E-state index in [1.165, 1.54) is 25.7 Å². The Bertz CT molecular complexity index is 733. The molecule has 4 nitrogen and oxygen atoms in total. The summed E-state index contributed by atoms with van der Waals surface area (Å²) in [6, 6.07) is 0. The lowest BCUT2D eigenvalue weighted by molar-refractivity contribution is -0.159. The summed E-state index contributed by atoms with van der Waals surface area (Å²) in [5, 5.41) is 10.3. The van der Waals surface area contributed by atoms with Crippen LogP contribution >= 0.6 is 0 Å². The summed E-state index contributed by atoms with van der Waals surface area (Å²) in [7, 11) is 0. The molecule has 0 amide bonds. The van der Waals surface area contributed by atoms with Crippen LogP contribution in [0.3, 0.4) is 0 Å². The highest BCUT2D eigenvalue weighted by Crippen LogP contribution is 2.62. The molecular weight excluding hydrogens is 376 g/mol. The van der Waals surface area contributed by atoms with Gasteiger partial charge in [0.25, 0.3) is 0 Å². The average molecular weight is 415 g/mol. The van der Waals surface area contributed by atoms with Gasteiger partial charge in [0.05, 0.1) is 0 Å². The number of carbonyl (C=O) groups is 2. The number of aliphatic hydroxyl groups is 1. The monoisotopic (exact) mass is 414 g/mol. The third kappa shape index (κ3) is 3.42. The fraction of sp³-hybridized carbons (Fsp3) is 0.846. The highest BCUT2D eigenvalue weighted by Gasteiger charge is 2.57. The highest BCUT2D eigenvalue weighted by molar-refractivity contribution is 5.94. The van der Waals surface area contributed by atoms with Crippen LogP contribution in [0.2, 0.25) is 0 Å². The molecule has 1 N–H and O–H groups in total. The van der Waals surface area contributed by atoms with Crippen LogP contribution in [-0.2, 0) is 14.3 Å². The topological polar surface area (TPSA) is 63.6 Å². The predicted molar refractivity (Wildman–Crippen MR) is 115 cm³/mol. The second-order valence-corrected chi connectivity index (χ2v) is 11.2. The van der Waals surface area contributed by atoms with E-state index in [0.717, 1.165) is 62.9 Å². The largest absolute Gasteiger partial charge is 0.504 e. The van der Waals surface area contributed by atoms with Crippen molar-refractivity contribution in [3.63, 3.8) is 0 Å². The zero-order chi connectivity index (χ0) is 20.9. The number of hydrogen-bond acceptors (Lipinski definition) is 4. The molecule has 166 valence electrons. The van der Waals surface area contributed by atoms with E-state index in [1.54, 1.807) is 0 Å². The van der Waals surface area contributed by atoms with E-state index in [0.29, 0.717) is 36.5 Å². The second-order valence-electron chi connectivity index (χ2n) is 11.2. The first-order chi connectivity index (χ1) is 14.5. The van der Waals surface area contributed by atoms with Gasteiger partial charge in [0.2, 0.25) is 0 Å². The Morgan fingerprint density at radius 1 is 1.03 bits per heavy atom. The standard InChI is InChI=1S/C26H38O4/c1-26-15-14-18-17-9-11-22(27)25(29)20(17)8-7-19(18)21(26)10-12-23(26)30-24(28)13-6-16-4-2-3-5-16/h16-19,21,23,29H,2-15H2,1H3/t17-,18+,19-,21-,23-,26-/m0/s1. The van der Waals surface area contributed by atoms with Gasteiger partial charge in [-0.15, -0.1) is 0 Å². The van der Waals surface area contributed by atoms with Gasteiger partial charge in [0.15, 0.2) is 11.5 Å². The molecule has 0 aliphatic heterocycles. The summed E-state index contributed by atoms with van der Waals surface area (Å²) < 4.78 is 6.13. The number of ether oxygens (including phenoxy) is 1. The molecule has 4 heteroatoms. The van der Waals surface area contributed by atoms with Gasteiger partial charge >= 0.3 is 5.97 Å². The molecule has 0 bridgehead atoms. The number of ketones is 1. The fourth-order valence-electron chi connectivity index (χ4n) is 8.25. The maximum Gasteiger partial charge on any atom is 0.306 e. The van der Waals surface area contributed by atoms with Crippen molar-refractivity contribution in [2.45, 2.75) is 103 Å². The zero-order valence-electron chi connectivity index (χ0n) is 18.5. The van der Waals surface area contributed by atoms with Gasteiger partial charge in [-0.2, -0.15) is 0 Å². The van der Waals surface area contributed by atoms with Crippen molar-refractivity contribution in [2.75, 3.05) is 0 Å². The molecule has 0 heterocycles. The van der Waals surface area contributed by atoms with Crippen LogP contribution in [0.5, 0.6) is 0 Å². The molecule has 0 aromatic rings. The molecule has 5 aliphatic carbocycles. The van der Waals surface area contributed by atoms with Crippen LogP contribution in [-0.4, -0.2) is 23.0 Å². The maximum atomic E-state index is 12.6. The first-order valence-corrected chi connectivity index (χ1v) is 12.6. The molecule has 5 aliphatic rings. The predicted octanol–water partition coefficient (Wildman–Crippen LogP) is 5.90. The lowest BCUT2D eigenvalue weighted by Crippen LogP contribution is -2.48. The van der Waals surface area contributed by atoms with Crippen LogP contribution in [0.25, 0.3) is 0 Å². The Labute approximate surface area is 180 Å². The van der Waals surface area contributed by atoms with E-state index >= 15 is 0 Å². The van der Waals surface area contributed by atoms with Gasteiger partial charge in [-0.25, -0.2) is 0 Å². The van der Waals surface area contributed by atoms with Crippen LogP contribution in [0.1, 0.15) is 96.8 Å². The molecule has 0 aromatic heterocycles. The Kier molecular flexibility index (Phi) is 5.48. The lowest BCUT2D eigenvalue weighted by atomic mass is 9.52. The van der Waals surface area contributed by atoms with Crippen molar-refractivity contribution >= 4 is 11.8 Å². The van der Waals surface area contributed by atoms with Crippen molar-refractivity contribution in [2.24, 2.45) is 35.0 Å². The first-order valence-electron chi connectivity index (χ1n) is 12.6. The van der Waals surface area contributed by atoms with Gasteiger partial charge in [-0.1, -0.05) is 32.6 Å². The van der Waals surface area contributed by atoms with E-state index in [2.05, 4.69) is 6.92 Å². The Morgan fingerprint density at radius 2 is 1.83 bits per heavy atom. The second kappa shape index (κ2) is 7.98. The third-order valence-electron chi connectivity index (χ3n) is 9.87. The molecule has 30 heavy (non-hydrogen) atoms. The molecule has 6 atom stereocenters. The number of hydrogen-bond donors (Lipinski definition) is 1. The Balaban J connectivity index is 1.24. The molecule has 0 radical (unpaired) electrons. The number of fused-ring (bicyclic) bond motifs is 5. The minimum absolute atomic E-state index is 0.0282. The van der Waals surface area contributed by atoms with E-state index in [-0.39, 0.29) is 29.0 Å². The smallest absolute Gasteiger partial charge is 0.306 e. The summed E-state index contributed by atoms with van der Waals surface area (Å²) in [5.74, 6) is 3.08. The number of allylic oxidation sites excluding steroid dienone is 1. The van der Waals surface area contributed by atoms with E-state index in [4.69, 9.17) is 4.74 Å². The molecule has 0 spiro atoms. The Morgan fingerprint density at radius 3 is 2.63 bits per heavy atom. The van der Waals surface area contributed by atoms with E-state index in [9.17, 15) is 14.7 Å². The number of carbonyl (C=O) groups excluding carboxylic acids is 2. The van der Waals surface area contributed by atoms with Crippen molar-refractivity contribution in [3.8, 4) is 0 Å². The van der Waals surface area contributed by atoms with Crippen molar-refractivity contribution in [1.82, 2.24) is 0 Å². The van der Waals surface area contributed by atoms with Crippen LogP contribution in [0.15, 0.2) is 11.3 Å². The number of esters is 1. The summed E-state index contributed by atoms with van der Waals surface area (Å²) in [6.45, 7) is 2.38. The van der Waals surface area contributed by atoms with Crippen molar-refractivity contribution in [1.29, 1.82) is 0 Å². The molecule has 4 saturated carbocycles. The van der Waals surface area contributed by atoms with Gasteiger partial charge in [0.1, 0.15) is 6.10 Å². The van der Waals surface area contributed by atoms with Gasteiger partial charge in [-0.3, -0.25) is 9.59 Å². The number of rotatable bonds is 4. The SMILES string of the molecule is C[C@]12CC[C@H]3[C@H](CCC4=C(O)C(=O)CC[C@H]43)[C@@H]1CC[C@@H]2OC(=O)CCC1CCCC1. The fourth-order valence-corrected chi connectivity index (χ4v) is 8.25. The minimum Gasteiger partial charge on any atom is -0.504 e. The van der Waals surface area contributed by atoms with Gasteiger partial charge < -0.3 is 9.84 Å². The highest BCUT2D eigenvalue weighted by atomic mass is 16.5. The number of aliphatic hydroxyl groups excluding tert-OH is 1. The van der Waals surface area contributed by atoms with Crippen molar-refractivity contribution < 1.29 is 19.4 Å². The van der Waals surface area contributed by atoms with Gasteiger partial charge in [-0.05, 0) is 86.5 Å².